The van der Waals surface area contributed by atoms with E-state index in [0.717, 1.165) is 12.8 Å². The number of ether oxygens (including phenoxy) is 2. The predicted molar refractivity (Wildman–Crippen MR) is 149 cm³/mol. The molecule has 2 atom stereocenters. The summed E-state index contributed by atoms with van der Waals surface area (Å²) in [4.78, 5) is 18.2. The number of aromatic hydroxyl groups is 1. The van der Waals surface area contributed by atoms with Crippen LogP contribution in [0.2, 0.25) is 0 Å². The van der Waals surface area contributed by atoms with Crippen molar-refractivity contribution in [1.29, 1.82) is 0 Å². The fourth-order valence-electron chi connectivity index (χ4n) is 5.95. The maximum atomic E-state index is 16.6. The topological polar surface area (TPSA) is 83.8 Å². The third kappa shape index (κ3) is 4.12. The second kappa shape index (κ2) is 9.75. The molecule has 8 nitrogen and oxygen atoms in total. The van der Waals surface area contributed by atoms with Gasteiger partial charge in [-0.15, -0.1) is 6.42 Å². The number of aromatic nitrogens is 3. The van der Waals surface area contributed by atoms with Crippen LogP contribution in [0.15, 0.2) is 24.3 Å². The fourth-order valence-corrected chi connectivity index (χ4v) is 5.95. The first-order chi connectivity index (χ1) is 19.2. The van der Waals surface area contributed by atoms with E-state index in [4.69, 9.17) is 15.9 Å². The van der Waals surface area contributed by atoms with E-state index in [-0.39, 0.29) is 51.5 Å². The van der Waals surface area contributed by atoms with Crippen molar-refractivity contribution in [1.82, 2.24) is 19.9 Å². The lowest BCUT2D eigenvalue weighted by Gasteiger charge is -2.39. The number of methoxy groups -OCH3 is 1. The molecule has 6 rings (SSSR count). The highest BCUT2D eigenvalue weighted by Crippen LogP contribution is 2.43. The highest BCUT2D eigenvalue weighted by molar-refractivity contribution is 6.04. The van der Waals surface area contributed by atoms with Crippen LogP contribution in [0, 0.1) is 24.0 Å². The van der Waals surface area contributed by atoms with Gasteiger partial charge in [0.1, 0.15) is 34.0 Å². The molecule has 2 bridgehead atoms. The number of fused-ring (bicyclic) bond motifs is 4. The van der Waals surface area contributed by atoms with Crippen LogP contribution in [-0.2, 0) is 0 Å². The summed E-state index contributed by atoms with van der Waals surface area (Å²) >= 11 is 0. The number of hydrogen-bond acceptors (Lipinski definition) is 8. The van der Waals surface area contributed by atoms with Gasteiger partial charge in [0.15, 0.2) is 5.82 Å². The second-order valence-electron chi connectivity index (χ2n) is 10.6. The Morgan fingerprint density at radius 3 is 2.45 bits per heavy atom. The molecule has 2 aromatic heterocycles. The Bertz CT molecular complexity index is 1690. The molecule has 1 N–H and O–H groups in total. The van der Waals surface area contributed by atoms with Crippen LogP contribution in [0.1, 0.15) is 32.3 Å². The van der Waals surface area contributed by atoms with Gasteiger partial charge in [0.25, 0.3) is 0 Å². The van der Waals surface area contributed by atoms with Gasteiger partial charge in [-0.1, -0.05) is 12.0 Å². The molecule has 40 heavy (non-hydrogen) atoms. The van der Waals surface area contributed by atoms with Gasteiger partial charge in [-0.2, -0.15) is 9.97 Å². The molecule has 2 unspecified atom stereocenters. The van der Waals surface area contributed by atoms with Gasteiger partial charge in [-0.05, 0) is 57.3 Å². The lowest BCUT2D eigenvalue weighted by Crippen LogP contribution is -2.52. The number of likely N-dealkylation sites (N-methyl/N-ethyl adjacent to an activating group) is 1. The molecule has 0 aliphatic carbocycles. The maximum absolute atomic E-state index is 16.6. The lowest BCUT2D eigenvalue weighted by molar-refractivity contribution is 0.211. The fraction of sp³-hybridized carbons (Fsp3) is 0.367. The summed E-state index contributed by atoms with van der Waals surface area (Å²) in [7, 11) is 3.56. The first kappa shape index (κ1) is 26.0. The summed E-state index contributed by atoms with van der Waals surface area (Å²) in [6.07, 6.45) is 7.50. The van der Waals surface area contributed by atoms with E-state index in [0.29, 0.717) is 41.8 Å². The third-order valence-electron chi connectivity index (χ3n) is 7.84. The van der Waals surface area contributed by atoms with Crippen molar-refractivity contribution in [3.05, 3.63) is 41.5 Å². The van der Waals surface area contributed by atoms with Gasteiger partial charge in [-0.25, -0.2) is 13.8 Å². The van der Waals surface area contributed by atoms with Crippen molar-refractivity contribution in [2.45, 2.75) is 44.9 Å². The summed E-state index contributed by atoms with van der Waals surface area (Å²) in [6, 6.07) is 6.13. The first-order valence-electron chi connectivity index (χ1n) is 13.2. The number of phenols is 1. The Morgan fingerprint density at radius 1 is 1.07 bits per heavy atom. The molecule has 0 saturated carbocycles. The minimum absolute atomic E-state index is 0.00329. The molecule has 2 aliphatic rings. The molecule has 206 valence electrons. The molecule has 4 aromatic rings. The molecule has 10 heteroatoms. The SMILES string of the molecule is C#Cc1c(F)ccc2cc(O)cc(-c3nc(OC(C)C)c4c(N5CC6CCC(C5)N6C)nc(OC)nc4c3F)c12. The molecular weight excluding hydrogens is 516 g/mol. The number of piperazine rings is 1. The van der Waals surface area contributed by atoms with Crippen LogP contribution in [0.25, 0.3) is 32.9 Å². The van der Waals surface area contributed by atoms with Crippen LogP contribution < -0.4 is 14.4 Å². The van der Waals surface area contributed by atoms with E-state index in [1.165, 1.54) is 31.4 Å². The molecule has 0 spiro atoms. The monoisotopic (exact) mass is 545 g/mol. The van der Waals surface area contributed by atoms with Crippen LogP contribution in [-0.4, -0.2) is 70.4 Å². The normalized spacial score (nSPS) is 19.0. The Hall–Kier alpha value is -4.23. The molecular formula is C30H29F2N5O3. The van der Waals surface area contributed by atoms with Crippen LogP contribution in [0.5, 0.6) is 17.6 Å². The van der Waals surface area contributed by atoms with E-state index < -0.39 is 11.6 Å². The van der Waals surface area contributed by atoms with Crippen LogP contribution in [0.3, 0.4) is 0 Å². The predicted octanol–water partition coefficient (Wildman–Crippen LogP) is 4.89. The van der Waals surface area contributed by atoms with Gasteiger partial charge in [0.05, 0.1) is 18.8 Å². The lowest BCUT2D eigenvalue weighted by atomic mass is 9.95. The Labute approximate surface area is 230 Å². The van der Waals surface area contributed by atoms with E-state index in [2.05, 4.69) is 37.7 Å². The summed E-state index contributed by atoms with van der Waals surface area (Å²) in [6.45, 7) is 5.09. The van der Waals surface area contributed by atoms with Crippen molar-refractivity contribution in [2.75, 3.05) is 32.1 Å². The summed E-state index contributed by atoms with van der Waals surface area (Å²) < 4.78 is 43.0. The highest BCUT2D eigenvalue weighted by atomic mass is 19.1. The van der Waals surface area contributed by atoms with Crippen molar-refractivity contribution >= 4 is 27.5 Å². The standard InChI is InChI=1S/C30H29F2N5O3/c1-6-20-22(31)10-7-16-11-19(38)12-21(23(16)20)26-25(32)27-24(29(33-26)40-15(2)3)28(35-30(34-27)39-5)37-13-17-8-9-18(14-37)36(17)4/h1,7,10-12,15,17-18,38H,8-9,13-14H2,2-5H3. The molecule has 0 radical (unpaired) electrons. The minimum Gasteiger partial charge on any atom is -0.508 e. The summed E-state index contributed by atoms with van der Waals surface area (Å²) in [5, 5.41) is 11.5. The first-order valence-corrected chi connectivity index (χ1v) is 13.2. The minimum atomic E-state index is -0.788. The zero-order chi connectivity index (χ0) is 28.3. The quantitative estimate of drug-likeness (QED) is 0.355. The van der Waals surface area contributed by atoms with Gasteiger partial charge in [0, 0.05) is 36.1 Å². The number of anilines is 1. The Kier molecular flexibility index (Phi) is 6.34. The third-order valence-corrected chi connectivity index (χ3v) is 7.84. The molecule has 0 amide bonds. The number of pyridine rings is 1. The van der Waals surface area contributed by atoms with Crippen LogP contribution >= 0.6 is 0 Å². The zero-order valence-electron chi connectivity index (χ0n) is 22.7. The Morgan fingerprint density at radius 2 is 1.80 bits per heavy atom. The van der Waals surface area contributed by atoms with Crippen molar-refractivity contribution < 1.29 is 23.4 Å². The summed E-state index contributed by atoms with van der Waals surface area (Å²) in [5.74, 6) is 1.39. The molecule has 4 heterocycles. The number of halogens is 2. The number of terminal acetylenes is 1. The molecule has 2 aliphatic heterocycles. The van der Waals surface area contributed by atoms with Crippen molar-refractivity contribution in [3.63, 3.8) is 0 Å². The maximum Gasteiger partial charge on any atom is 0.318 e. The van der Waals surface area contributed by atoms with E-state index in [9.17, 15) is 9.50 Å². The van der Waals surface area contributed by atoms with E-state index in [1.807, 2.05) is 13.8 Å². The zero-order valence-corrected chi connectivity index (χ0v) is 22.7. The van der Waals surface area contributed by atoms with Gasteiger partial charge >= 0.3 is 6.01 Å². The van der Waals surface area contributed by atoms with Gasteiger partial charge in [-0.3, -0.25) is 4.90 Å². The van der Waals surface area contributed by atoms with Crippen molar-refractivity contribution in [2.24, 2.45) is 0 Å². The number of rotatable bonds is 5. The van der Waals surface area contributed by atoms with Crippen molar-refractivity contribution in [3.8, 4) is 41.2 Å². The van der Waals surface area contributed by atoms with Crippen LogP contribution in [0.4, 0.5) is 14.6 Å². The average Bonchev–Trinajstić information content (AvgIpc) is 3.12. The Balaban J connectivity index is 1.67. The largest absolute Gasteiger partial charge is 0.508 e. The number of nitrogens with zero attached hydrogens (tertiary/aromatic N) is 5. The van der Waals surface area contributed by atoms with Gasteiger partial charge in [0.2, 0.25) is 5.88 Å². The molecule has 2 aromatic carbocycles. The number of phenolic OH excluding ortho intramolecular Hbond substituents is 1. The average molecular weight is 546 g/mol. The highest BCUT2D eigenvalue weighted by Gasteiger charge is 2.39. The summed E-state index contributed by atoms with van der Waals surface area (Å²) in [5.41, 5.74) is -0.179. The second-order valence-corrected chi connectivity index (χ2v) is 10.6. The van der Waals surface area contributed by atoms with Gasteiger partial charge < -0.3 is 19.5 Å². The van der Waals surface area contributed by atoms with E-state index in [1.54, 1.807) is 0 Å². The molecule has 2 fully saturated rings. The van der Waals surface area contributed by atoms with E-state index >= 15 is 4.39 Å². The molecule has 2 saturated heterocycles. The smallest absolute Gasteiger partial charge is 0.318 e. The number of hydrogen-bond donors (Lipinski definition) is 1. The number of benzene rings is 2.